The molecule has 0 aromatic heterocycles. The second-order valence-corrected chi connectivity index (χ2v) is 8.97. The SMILES string of the molecule is NC1=NC2(CO1)c1cc(-c3cc(Cl)ccc3F)ccc1O[C@H]1CC[C@H](O)C[C@@H]12.O=C(O)C(F)(F)F. The molecule has 0 bridgehead atoms. The summed E-state index contributed by atoms with van der Waals surface area (Å²) in [7, 11) is 0. The van der Waals surface area contributed by atoms with E-state index < -0.39 is 23.8 Å². The lowest BCUT2D eigenvalue weighted by Gasteiger charge is -2.47. The first kappa shape index (κ1) is 25.1. The monoisotopic (exact) mass is 516 g/mol. The number of aliphatic hydroxyl groups excluding tert-OH is 1. The lowest BCUT2D eigenvalue weighted by atomic mass is 9.67. The molecule has 0 radical (unpaired) electrons. The molecule has 4 N–H and O–H groups in total. The van der Waals surface area contributed by atoms with Crippen LogP contribution in [0.15, 0.2) is 41.4 Å². The van der Waals surface area contributed by atoms with Crippen LogP contribution in [0.5, 0.6) is 5.75 Å². The second kappa shape index (κ2) is 9.19. The van der Waals surface area contributed by atoms with Crippen LogP contribution in [-0.4, -0.2) is 47.2 Å². The number of aliphatic imine (C=N–C) groups is 1. The van der Waals surface area contributed by atoms with E-state index in [4.69, 9.17) is 36.7 Å². The van der Waals surface area contributed by atoms with Crippen molar-refractivity contribution in [2.45, 2.75) is 43.2 Å². The summed E-state index contributed by atoms with van der Waals surface area (Å²) in [5.74, 6) is -2.48. The molecule has 1 unspecified atom stereocenters. The zero-order valence-corrected chi connectivity index (χ0v) is 18.8. The molecule has 2 heterocycles. The quantitative estimate of drug-likeness (QED) is 0.488. The fraction of sp³-hybridized carbons (Fsp3) is 0.391. The Morgan fingerprint density at radius 2 is 1.91 bits per heavy atom. The summed E-state index contributed by atoms with van der Waals surface area (Å²) in [5.41, 5.74) is 7.05. The third-order valence-corrected chi connectivity index (χ3v) is 6.56. The van der Waals surface area contributed by atoms with Gasteiger partial charge in [-0.2, -0.15) is 13.2 Å². The van der Waals surface area contributed by atoms with Crippen LogP contribution in [0.4, 0.5) is 17.6 Å². The van der Waals surface area contributed by atoms with Gasteiger partial charge in [0, 0.05) is 22.1 Å². The number of aliphatic hydroxyl groups is 1. The molecule has 2 aliphatic heterocycles. The average molecular weight is 517 g/mol. The number of rotatable bonds is 1. The van der Waals surface area contributed by atoms with E-state index in [0.29, 0.717) is 34.7 Å². The minimum atomic E-state index is -5.08. The first-order chi connectivity index (χ1) is 16.4. The van der Waals surface area contributed by atoms with E-state index in [1.165, 1.54) is 12.1 Å². The molecule has 7 nitrogen and oxygen atoms in total. The maximum absolute atomic E-state index is 14.4. The van der Waals surface area contributed by atoms with E-state index in [1.54, 1.807) is 6.07 Å². The number of nitrogens with zero attached hydrogens (tertiary/aromatic N) is 1. The van der Waals surface area contributed by atoms with Gasteiger partial charge >= 0.3 is 12.1 Å². The van der Waals surface area contributed by atoms with Crippen LogP contribution in [0.3, 0.4) is 0 Å². The van der Waals surface area contributed by atoms with E-state index in [2.05, 4.69) is 4.99 Å². The van der Waals surface area contributed by atoms with Gasteiger partial charge in [-0.25, -0.2) is 14.2 Å². The van der Waals surface area contributed by atoms with Crippen LogP contribution >= 0.6 is 11.6 Å². The highest BCUT2D eigenvalue weighted by molar-refractivity contribution is 6.30. The largest absolute Gasteiger partial charge is 0.490 e. The molecule has 3 aliphatic rings. The van der Waals surface area contributed by atoms with Crippen molar-refractivity contribution in [3.63, 3.8) is 0 Å². The van der Waals surface area contributed by atoms with Gasteiger partial charge in [0.05, 0.1) is 6.10 Å². The maximum Gasteiger partial charge on any atom is 0.490 e. The van der Waals surface area contributed by atoms with Crippen LogP contribution < -0.4 is 10.5 Å². The smallest absolute Gasteiger partial charge is 0.490 e. The number of amidine groups is 1. The predicted octanol–water partition coefficient (Wildman–Crippen LogP) is 4.24. The van der Waals surface area contributed by atoms with Crippen LogP contribution in [0.1, 0.15) is 24.8 Å². The fourth-order valence-corrected chi connectivity index (χ4v) is 4.93. The van der Waals surface area contributed by atoms with Gasteiger partial charge in [0.25, 0.3) is 6.02 Å². The van der Waals surface area contributed by atoms with Gasteiger partial charge in [0.1, 0.15) is 29.8 Å². The number of halogens is 5. The van der Waals surface area contributed by atoms with Crippen LogP contribution in [-0.2, 0) is 15.1 Å². The Kier molecular flexibility index (Phi) is 6.58. The van der Waals surface area contributed by atoms with Crippen molar-refractivity contribution in [1.82, 2.24) is 0 Å². The summed E-state index contributed by atoms with van der Waals surface area (Å²) < 4.78 is 58.0. The highest BCUT2D eigenvalue weighted by Gasteiger charge is 2.55. The molecule has 5 rings (SSSR count). The number of fused-ring (bicyclic) bond motifs is 4. The Morgan fingerprint density at radius 3 is 2.54 bits per heavy atom. The first-order valence-corrected chi connectivity index (χ1v) is 11.0. The highest BCUT2D eigenvalue weighted by atomic mass is 35.5. The molecule has 12 heteroatoms. The summed E-state index contributed by atoms with van der Waals surface area (Å²) >= 11 is 6.08. The van der Waals surface area contributed by atoms with Crippen molar-refractivity contribution >= 4 is 23.6 Å². The molecule has 1 aliphatic carbocycles. The van der Waals surface area contributed by atoms with Gasteiger partial charge in [0.2, 0.25) is 0 Å². The van der Waals surface area contributed by atoms with Gasteiger partial charge in [-0.15, -0.1) is 0 Å². The van der Waals surface area contributed by atoms with Crippen LogP contribution in [0.2, 0.25) is 5.02 Å². The van der Waals surface area contributed by atoms with E-state index in [-0.39, 0.29) is 30.5 Å². The molecule has 35 heavy (non-hydrogen) atoms. The van der Waals surface area contributed by atoms with Crippen LogP contribution in [0.25, 0.3) is 11.1 Å². The summed E-state index contributed by atoms with van der Waals surface area (Å²) in [4.78, 5) is 13.6. The van der Waals surface area contributed by atoms with Crippen molar-refractivity contribution in [3.8, 4) is 16.9 Å². The van der Waals surface area contributed by atoms with Crippen molar-refractivity contribution < 1.29 is 42.0 Å². The Bertz CT molecular complexity index is 1180. The van der Waals surface area contributed by atoms with Gasteiger partial charge < -0.3 is 25.4 Å². The number of carboxylic acids is 1. The molecular formula is C23H21ClF4N2O5. The standard InChI is InChI=1S/C21H20ClFN2O3.C2HF3O2/c22-12-2-4-17(23)14(8-12)11-1-5-18-15(7-11)21(10-27-20(24)25-21)16-9-13(26)3-6-19(16)28-18;3-2(4,5)1(6)7/h1-2,4-5,7-8,13,16,19,26H,3,6,9-10H2,(H2,24,25);(H,6,7)/t13-,16-,19-,21?;/m0./s1. The van der Waals surface area contributed by atoms with Crippen LogP contribution in [0, 0.1) is 11.7 Å². The molecule has 0 amide bonds. The fourth-order valence-electron chi connectivity index (χ4n) is 4.76. The number of hydrogen-bond acceptors (Lipinski definition) is 6. The van der Waals surface area contributed by atoms with Gasteiger partial charge in [-0.1, -0.05) is 17.7 Å². The third kappa shape index (κ3) is 4.87. The molecule has 4 atom stereocenters. The Morgan fingerprint density at radius 1 is 1.20 bits per heavy atom. The predicted molar refractivity (Wildman–Crippen MR) is 118 cm³/mol. The van der Waals surface area contributed by atoms with Crippen molar-refractivity contribution in [3.05, 3.63) is 52.8 Å². The van der Waals surface area contributed by atoms with Crippen molar-refractivity contribution in [1.29, 1.82) is 0 Å². The molecule has 0 saturated heterocycles. The van der Waals surface area contributed by atoms with Gasteiger partial charge in [-0.05, 0) is 55.2 Å². The average Bonchev–Trinajstić information content (AvgIpc) is 3.18. The number of aliphatic carboxylic acids is 1. The summed E-state index contributed by atoms with van der Waals surface area (Å²) in [6.45, 7) is 0.282. The van der Waals surface area contributed by atoms with Crippen molar-refractivity contribution in [2.75, 3.05) is 6.61 Å². The minimum Gasteiger partial charge on any atom is -0.490 e. The molecule has 188 valence electrons. The lowest BCUT2D eigenvalue weighted by Crippen LogP contribution is -2.51. The van der Waals surface area contributed by atoms with Gasteiger partial charge in [0.15, 0.2) is 0 Å². The number of alkyl halides is 3. The molecule has 1 saturated carbocycles. The molecule has 1 spiro atoms. The molecule has 2 aromatic rings. The number of ether oxygens (including phenoxy) is 2. The minimum absolute atomic E-state index is 0.0655. The molecular weight excluding hydrogens is 496 g/mol. The Balaban J connectivity index is 0.000000364. The number of carbonyl (C=O) groups is 1. The number of carboxylic acid groups (broad SMARTS) is 1. The zero-order chi connectivity index (χ0) is 25.5. The summed E-state index contributed by atoms with van der Waals surface area (Å²) in [6, 6.07) is 10.2. The van der Waals surface area contributed by atoms with E-state index in [9.17, 15) is 22.7 Å². The maximum atomic E-state index is 14.4. The molecule has 2 aromatic carbocycles. The number of benzene rings is 2. The second-order valence-electron chi connectivity index (χ2n) is 8.53. The summed E-state index contributed by atoms with van der Waals surface area (Å²) in [5, 5.41) is 17.9. The topological polar surface area (TPSA) is 114 Å². The Hall–Kier alpha value is -3.05. The van der Waals surface area contributed by atoms with Crippen molar-refractivity contribution in [2.24, 2.45) is 16.6 Å². The van der Waals surface area contributed by atoms with E-state index >= 15 is 0 Å². The number of nitrogens with two attached hydrogens (primary N) is 1. The van der Waals surface area contributed by atoms with Gasteiger partial charge in [-0.3, -0.25) is 0 Å². The third-order valence-electron chi connectivity index (χ3n) is 6.33. The lowest BCUT2D eigenvalue weighted by molar-refractivity contribution is -0.192. The van der Waals surface area contributed by atoms with E-state index in [0.717, 1.165) is 12.0 Å². The summed E-state index contributed by atoms with van der Waals surface area (Å²) in [6.07, 6.45) is -3.57. The Labute approximate surface area is 202 Å². The first-order valence-electron chi connectivity index (χ1n) is 10.6. The normalized spacial score (nSPS) is 26.9. The van der Waals surface area contributed by atoms with E-state index in [1.807, 2.05) is 18.2 Å². The zero-order valence-electron chi connectivity index (χ0n) is 18.1. The number of hydrogen-bond donors (Lipinski definition) is 3. The molecule has 1 fully saturated rings. The highest BCUT2D eigenvalue weighted by Crippen LogP contribution is 2.53.